The van der Waals surface area contributed by atoms with Gasteiger partial charge in [-0.3, -0.25) is 0 Å². The van der Waals surface area contributed by atoms with E-state index in [9.17, 15) is 0 Å². The number of ether oxygens (including phenoxy) is 1. The van der Waals surface area contributed by atoms with Crippen LogP contribution in [0, 0.1) is 13.8 Å². The van der Waals surface area contributed by atoms with E-state index in [1.54, 1.807) is 7.11 Å². The molecule has 0 spiro atoms. The molecule has 0 aromatic heterocycles. The maximum absolute atomic E-state index is 5.53. The summed E-state index contributed by atoms with van der Waals surface area (Å²) in [5.74, 6) is 0. The number of hydrogen-bond acceptors (Lipinski definition) is 2. The van der Waals surface area contributed by atoms with Crippen molar-refractivity contribution in [3.8, 4) is 0 Å². The van der Waals surface area contributed by atoms with Gasteiger partial charge in [-0.25, -0.2) is 0 Å². The number of hydrogen-bond donors (Lipinski definition) is 1. The molecule has 0 amide bonds. The van der Waals surface area contributed by atoms with E-state index >= 15 is 0 Å². The van der Waals surface area contributed by atoms with Crippen molar-refractivity contribution < 1.29 is 4.74 Å². The highest BCUT2D eigenvalue weighted by Gasteiger charge is 2.19. The number of rotatable bonds is 8. The highest BCUT2D eigenvalue weighted by atomic mass is 16.5. The highest BCUT2D eigenvalue weighted by Crippen LogP contribution is 2.19. The Labute approximate surface area is 124 Å². The molecule has 1 N–H and O–H groups in total. The van der Waals surface area contributed by atoms with Crippen molar-refractivity contribution in [1.29, 1.82) is 0 Å². The number of aryl methyl sites for hydroxylation is 2. The van der Waals surface area contributed by atoms with Gasteiger partial charge in [-0.05, 0) is 59.1 Å². The molecule has 0 heterocycles. The SMILES string of the molecule is CCNC(CCC(C)(C)OC)Cc1cc(C)cc(C)c1. The molecule has 0 aliphatic carbocycles. The Hall–Kier alpha value is -0.860. The Morgan fingerprint density at radius 3 is 2.25 bits per heavy atom. The first kappa shape index (κ1) is 17.2. The molecular formula is C18H31NO. The summed E-state index contributed by atoms with van der Waals surface area (Å²) in [6.45, 7) is 11.9. The Morgan fingerprint density at radius 1 is 1.15 bits per heavy atom. The van der Waals surface area contributed by atoms with Gasteiger partial charge in [0.15, 0.2) is 0 Å². The second-order valence-electron chi connectivity index (χ2n) is 6.46. The Balaban J connectivity index is 2.66. The van der Waals surface area contributed by atoms with Crippen LogP contribution in [-0.4, -0.2) is 25.3 Å². The van der Waals surface area contributed by atoms with Gasteiger partial charge in [-0.2, -0.15) is 0 Å². The molecule has 1 aromatic rings. The molecule has 1 unspecified atom stereocenters. The van der Waals surface area contributed by atoms with E-state index in [2.05, 4.69) is 58.1 Å². The zero-order valence-corrected chi connectivity index (χ0v) is 14.0. The molecule has 1 rings (SSSR count). The first-order valence-electron chi connectivity index (χ1n) is 7.72. The van der Waals surface area contributed by atoms with E-state index in [0.717, 1.165) is 25.8 Å². The molecule has 2 nitrogen and oxygen atoms in total. The summed E-state index contributed by atoms with van der Waals surface area (Å²) in [5.41, 5.74) is 4.11. The van der Waals surface area contributed by atoms with Crippen LogP contribution < -0.4 is 5.32 Å². The molecular weight excluding hydrogens is 246 g/mol. The van der Waals surface area contributed by atoms with Gasteiger partial charge in [0.25, 0.3) is 0 Å². The number of likely N-dealkylation sites (N-methyl/N-ethyl adjacent to an activating group) is 1. The van der Waals surface area contributed by atoms with Crippen LogP contribution in [0.3, 0.4) is 0 Å². The van der Waals surface area contributed by atoms with Crippen LogP contribution in [0.25, 0.3) is 0 Å². The quantitative estimate of drug-likeness (QED) is 0.774. The maximum Gasteiger partial charge on any atom is 0.0623 e. The molecule has 0 radical (unpaired) electrons. The molecule has 0 aliphatic rings. The van der Waals surface area contributed by atoms with E-state index in [-0.39, 0.29) is 5.60 Å². The second-order valence-corrected chi connectivity index (χ2v) is 6.46. The van der Waals surface area contributed by atoms with Crippen LogP contribution in [0.2, 0.25) is 0 Å². The van der Waals surface area contributed by atoms with Crippen molar-refractivity contribution in [3.63, 3.8) is 0 Å². The van der Waals surface area contributed by atoms with Crippen LogP contribution in [0.5, 0.6) is 0 Å². The van der Waals surface area contributed by atoms with Gasteiger partial charge < -0.3 is 10.1 Å². The third kappa shape index (κ3) is 6.06. The monoisotopic (exact) mass is 277 g/mol. The van der Waals surface area contributed by atoms with E-state index in [1.165, 1.54) is 16.7 Å². The molecule has 1 atom stereocenters. The van der Waals surface area contributed by atoms with Gasteiger partial charge >= 0.3 is 0 Å². The lowest BCUT2D eigenvalue weighted by Gasteiger charge is -2.26. The van der Waals surface area contributed by atoms with E-state index in [0.29, 0.717) is 6.04 Å². The van der Waals surface area contributed by atoms with Crippen molar-refractivity contribution in [2.24, 2.45) is 0 Å². The summed E-state index contributed by atoms with van der Waals surface area (Å²) in [7, 11) is 1.80. The average molecular weight is 277 g/mol. The van der Waals surface area contributed by atoms with E-state index < -0.39 is 0 Å². The van der Waals surface area contributed by atoms with Crippen LogP contribution in [0.1, 0.15) is 50.3 Å². The van der Waals surface area contributed by atoms with Crippen LogP contribution in [-0.2, 0) is 11.2 Å². The predicted molar refractivity (Wildman–Crippen MR) is 87.4 cm³/mol. The summed E-state index contributed by atoms with van der Waals surface area (Å²) in [5, 5.41) is 3.61. The van der Waals surface area contributed by atoms with Gasteiger partial charge in [0, 0.05) is 13.2 Å². The van der Waals surface area contributed by atoms with E-state index in [1.807, 2.05) is 0 Å². The molecule has 0 saturated carbocycles. The first-order valence-corrected chi connectivity index (χ1v) is 7.72. The van der Waals surface area contributed by atoms with Crippen LogP contribution in [0.15, 0.2) is 18.2 Å². The third-order valence-corrected chi connectivity index (χ3v) is 3.90. The Morgan fingerprint density at radius 2 is 1.75 bits per heavy atom. The minimum absolute atomic E-state index is 0.0316. The fourth-order valence-corrected chi connectivity index (χ4v) is 2.66. The van der Waals surface area contributed by atoms with E-state index in [4.69, 9.17) is 4.74 Å². The zero-order chi connectivity index (χ0) is 15.2. The number of methoxy groups -OCH3 is 1. The van der Waals surface area contributed by atoms with Gasteiger partial charge in [0.2, 0.25) is 0 Å². The Bertz CT molecular complexity index is 392. The molecule has 114 valence electrons. The first-order chi connectivity index (χ1) is 9.36. The summed E-state index contributed by atoms with van der Waals surface area (Å²) < 4.78 is 5.53. The molecule has 0 saturated heterocycles. The molecule has 2 heteroatoms. The fraction of sp³-hybridized carbons (Fsp3) is 0.667. The van der Waals surface area contributed by atoms with Crippen molar-refractivity contribution in [2.75, 3.05) is 13.7 Å². The predicted octanol–water partition coefficient (Wildman–Crippen LogP) is 4.03. The van der Waals surface area contributed by atoms with Gasteiger partial charge in [0.1, 0.15) is 0 Å². The minimum atomic E-state index is -0.0316. The lowest BCUT2D eigenvalue weighted by Crippen LogP contribution is -2.34. The normalized spacial score (nSPS) is 13.5. The van der Waals surface area contributed by atoms with Crippen molar-refractivity contribution >= 4 is 0 Å². The topological polar surface area (TPSA) is 21.3 Å². The molecule has 0 aliphatic heterocycles. The highest BCUT2D eigenvalue weighted by molar-refractivity contribution is 5.29. The van der Waals surface area contributed by atoms with Crippen LogP contribution >= 0.6 is 0 Å². The zero-order valence-electron chi connectivity index (χ0n) is 14.0. The lowest BCUT2D eigenvalue weighted by molar-refractivity contribution is 0.0117. The standard InChI is InChI=1S/C18H31NO/c1-7-19-17(8-9-18(4,5)20-6)13-16-11-14(2)10-15(3)12-16/h10-12,17,19H,7-9,13H2,1-6H3. The van der Waals surface area contributed by atoms with Crippen molar-refractivity contribution in [2.45, 2.75) is 65.5 Å². The van der Waals surface area contributed by atoms with Crippen molar-refractivity contribution in [1.82, 2.24) is 5.32 Å². The minimum Gasteiger partial charge on any atom is -0.379 e. The Kier molecular flexibility index (Phi) is 6.70. The summed E-state index contributed by atoms with van der Waals surface area (Å²) in [4.78, 5) is 0. The lowest BCUT2D eigenvalue weighted by atomic mass is 9.94. The maximum atomic E-state index is 5.53. The average Bonchev–Trinajstić information content (AvgIpc) is 2.35. The van der Waals surface area contributed by atoms with Crippen LogP contribution in [0.4, 0.5) is 0 Å². The molecule has 1 aromatic carbocycles. The number of nitrogens with one attached hydrogen (secondary N) is 1. The second kappa shape index (κ2) is 7.80. The fourth-order valence-electron chi connectivity index (χ4n) is 2.66. The summed E-state index contributed by atoms with van der Waals surface area (Å²) in [6.07, 6.45) is 3.31. The molecule has 0 bridgehead atoms. The van der Waals surface area contributed by atoms with Crippen molar-refractivity contribution in [3.05, 3.63) is 34.9 Å². The van der Waals surface area contributed by atoms with Gasteiger partial charge in [-0.15, -0.1) is 0 Å². The molecule has 0 fully saturated rings. The number of benzene rings is 1. The summed E-state index contributed by atoms with van der Waals surface area (Å²) >= 11 is 0. The molecule has 20 heavy (non-hydrogen) atoms. The largest absolute Gasteiger partial charge is 0.379 e. The summed E-state index contributed by atoms with van der Waals surface area (Å²) in [6, 6.07) is 7.37. The third-order valence-electron chi connectivity index (χ3n) is 3.90. The smallest absolute Gasteiger partial charge is 0.0623 e. The van der Waals surface area contributed by atoms with Gasteiger partial charge in [-0.1, -0.05) is 36.2 Å². The van der Waals surface area contributed by atoms with Gasteiger partial charge in [0.05, 0.1) is 5.60 Å².